The summed E-state index contributed by atoms with van der Waals surface area (Å²) in [6.45, 7) is 0. The highest BCUT2D eigenvalue weighted by Crippen LogP contribution is 2.43. The molecule has 0 saturated carbocycles. The molecule has 0 radical (unpaired) electrons. The number of phenols is 1. The molecular weight excluding hydrogens is 615 g/mol. The van der Waals surface area contributed by atoms with Crippen LogP contribution in [0.15, 0.2) is 179 Å². The number of aromatic hydroxyl groups is 1. The second kappa shape index (κ2) is 11.1. The first-order valence-corrected chi connectivity index (χ1v) is 16.7. The van der Waals surface area contributed by atoms with E-state index in [1.807, 2.05) is 42.5 Å². The van der Waals surface area contributed by atoms with Gasteiger partial charge in [0.1, 0.15) is 16.7 Å². The molecule has 0 saturated heterocycles. The number of furan rings is 2. The summed E-state index contributed by atoms with van der Waals surface area (Å²) in [7, 11) is 0. The number of anilines is 3. The first kappa shape index (κ1) is 28.3. The molecule has 4 heteroatoms. The zero-order chi connectivity index (χ0) is 33.2. The molecule has 0 spiro atoms. The minimum atomic E-state index is 0.145. The smallest absolute Gasteiger partial charge is 0.177 e. The molecule has 0 aliphatic heterocycles. The lowest BCUT2D eigenvalue weighted by molar-refractivity contribution is 0.469. The van der Waals surface area contributed by atoms with Crippen molar-refractivity contribution in [2.24, 2.45) is 0 Å². The highest BCUT2D eigenvalue weighted by Gasteiger charge is 2.18. The maximum Gasteiger partial charge on any atom is 0.177 e. The van der Waals surface area contributed by atoms with Crippen molar-refractivity contribution in [2.75, 3.05) is 4.90 Å². The van der Waals surface area contributed by atoms with E-state index in [0.717, 1.165) is 77.3 Å². The van der Waals surface area contributed by atoms with Crippen molar-refractivity contribution in [2.45, 2.75) is 0 Å². The molecule has 0 unspecified atom stereocenters. The zero-order valence-corrected chi connectivity index (χ0v) is 26.9. The van der Waals surface area contributed by atoms with Crippen LogP contribution in [0.5, 0.6) is 5.75 Å². The van der Waals surface area contributed by atoms with E-state index in [-0.39, 0.29) is 5.75 Å². The second-order valence-corrected chi connectivity index (χ2v) is 12.7. The summed E-state index contributed by atoms with van der Waals surface area (Å²) in [5, 5.41) is 16.9. The van der Waals surface area contributed by atoms with Gasteiger partial charge in [0.05, 0.1) is 0 Å². The molecule has 10 rings (SSSR count). The van der Waals surface area contributed by atoms with E-state index in [4.69, 9.17) is 8.83 Å². The summed E-state index contributed by atoms with van der Waals surface area (Å²) in [6.07, 6.45) is 0. The highest BCUT2D eigenvalue weighted by molar-refractivity contribution is 6.23. The monoisotopic (exact) mass is 643 g/mol. The number of hydrogen-bond donors (Lipinski definition) is 1. The van der Waals surface area contributed by atoms with Crippen LogP contribution in [-0.2, 0) is 0 Å². The van der Waals surface area contributed by atoms with E-state index in [2.05, 4.69) is 126 Å². The van der Waals surface area contributed by atoms with Gasteiger partial charge in [0.2, 0.25) is 0 Å². The number of rotatable bonds is 5. The van der Waals surface area contributed by atoms with Gasteiger partial charge in [-0.25, -0.2) is 0 Å². The van der Waals surface area contributed by atoms with Gasteiger partial charge in [-0.15, -0.1) is 0 Å². The Balaban J connectivity index is 1.12. The van der Waals surface area contributed by atoms with Crippen molar-refractivity contribution < 1.29 is 13.9 Å². The molecule has 8 aromatic carbocycles. The van der Waals surface area contributed by atoms with E-state index >= 15 is 0 Å². The molecule has 50 heavy (non-hydrogen) atoms. The van der Waals surface area contributed by atoms with E-state index in [1.54, 1.807) is 6.07 Å². The summed E-state index contributed by atoms with van der Waals surface area (Å²) in [4.78, 5) is 2.28. The van der Waals surface area contributed by atoms with Crippen LogP contribution in [0.4, 0.5) is 17.1 Å². The van der Waals surface area contributed by atoms with Crippen LogP contribution < -0.4 is 4.90 Å². The minimum Gasteiger partial charge on any atom is -0.504 e. The number of nitrogens with zero attached hydrogens (tertiary/aromatic N) is 1. The van der Waals surface area contributed by atoms with Crippen LogP contribution >= 0.6 is 0 Å². The maximum atomic E-state index is 10.6. The van der Waals surface area contributed by atoms with Gasteiger partial charge in [-0.3, -0.25) is 0 Å². The van der Waals surface area contributed by atoms with Gasteiger partial charge in [0, 0.05) is 50.1 Å². The Morgan fingerprint density at radius 1 is 0.400 bits per heavy atom. The Morgan fingerprint density at radius 2 is 1.06 bits per heavy atom. The third-order valence-corrected chi connectivity index (χ3v) is 9.77. The molecule has 236 valence electrons. The van der Waals surface area contributed by atoms with Crippen LogP contribution in [0.25, 0.3) is 76.9 Å². The van der Waals surface area contributed by atoms with Gasteiger partial charge < -0.3 is 18.8 Å². The van der Waals surface area contributed by atoms with Crippen molar-refractivity contribution in [1.82, 2.24) is 0 Å². The number of para-hydroxylation sites is 2. The van der Waals surface area contributed by atoms with Crippen LogP contribution in [0.3, 0.4) is 0 Å². The van der Waals surface area contributed by atoms with Crippen molar-refractivity contribution >= 4 is 71.7 Å². The summed E-state index contributed by atoms with van der Waals surface area (Å²) < 4.78 is 12.5. The summed E-state index contributed by atoms with van der Waals surface area (Å²) in [5.41, 5.74) is 10.6. The van der Waals surface area contributed by atoms with Gasteiger partial charge in [-0.05, 0) is 82.2 Å². The Bertz CT molecular complexity index is 2860. The quantitative estimate of drug-likeness (QED) is 0.203. The van der Waals surface area contributed by atoms with E-state index < -0.39 is 0 Å². The molecule has 0 bridgehead atoms. The van der Waals surface area contributed by atoms with Gasteiger partial charge in [0.25, 0.3) is 0 Å². The predicted molar refractivity (Wildman–Crippen MR) is 206 cm³/mol. The van der Waals surface area contributed by atoms with Crippen LogP contribution in [0.1, 0.15) is 0 Å². The molecule has 4 nitrogen and oxygen atoms in total. The van der Waals surface area contributed by atoms with E-state index in [0.29, 0.717) is 5.58 Å². The number of fused-ring (bicyclic) bond motifs is 8. The maximum absolute atomic E-state index is 10.6. The van der Waals surface area contributed by atoms with Crippen molar-refractivity contribution in [3.63, 3.8) is 0 Å². The Kier molecular flexibility index (Phi) is 6.30. The van der Waals surface area contributed by atoms with Gasteiger partial charge in [-0.2, -0.15) is 0 Å². The van der Waals surface area contributed by atoms with Gasteiger partial charge >= 0.3 is 0 Å². The van der Waals surface area contributed by atoms with Crippen LogP contribution in [0, 0.1) is 0 Å². The molecule has 0 aliphatic rings. The number of hydrogen-bond acceptors (Lipinski definition) is 4. The Labute approximate surface area is 287 Å². The fraction of sp³-hybridized carbons (Fsp3) is 0. The van der Waals surface area contributed by atoms with Gasteiger partial charge in [0.15, 0.2) is 11.3 Å². The third kappa shape index (κ3) is 4.46. The lowest BCUT2D eigenvalue weighted by Gasteiger charge is -2.26. The van der Waals surface area contributed by atoms with Crippen LogP contribution in [0.2, 0.25) is 0 Å². The van der Waals surface area contributed by atoms with Crippen molar-refractivity contribution in [3.05, 3.63) is 170 Å². The summed E-state index contributed by atoms with van der Waals surface area (Å²) in [5.74, 6) is 0.145. The van der Waals surface area contributed by atoms with Crippen molar-refractivity contribution in [1.29, 1.82) is 0 Å². The summed E-state index contributed by atoms with van der Waals surface area (Å²) in [6, 6.07) is 58.6. The third-order valence-electron chi connectivity index (χ3n) is 9.77. The average molecular weight is 644 g/mol. The fourth-order valence-electron chi connectivity index (χ4n) is 7.42. The average Bonchev–Trinajstić information content (AvgIpc) is 3.75. The SMILES string of the molecule is Oc1cccc2c1oc1ccc3cccc(-c4ccc(N(c5ccc(-c6ccccc6)cc5)c5ccc6c(c5)oc5ccccc56)cc4)c3c12. The largest absolute Gasteiger partial charge is 0.504 e. The summed E-state index contributed by atoms with van der Waals surface area (Å²) >= 11 is 0. The fourth-order valence-corrected chi connectivity index (χ4v) is 7.42. The Morgan fingerprint density at radius 3 is 1.88 bits per heavy atom. The first-order chi connectivity index (χ1) is 24.7. The normalized spacial score (nSPS) is 11.7. The second-order valence-electron chi connectivity index (χ2n) is 12.7. The number of benzene rings is 8. The molecular formula is C46H29NO3. The molecule has 1 N–H and O–H groups in total. The lowest BCUT2D eigenvalue weighted by Crippen LogP contribution is -2.09. The predicted octanol–water partition coefficient (Wildman–Crippen LogP) is 13.1. The van der Waals surface area contributed by atoms with Crippen LogP contribution in [-0.4, -0.2) is 5.11 Å². The molecule has 2 heterocycles. The van der Waals surface area contributed by atoms with E-state index in [1.165, 1.54) is 11.1 Å². The number of phenolic OH excluding ortho intramolecular Hbond substituents is 1. The van der Waals surface area contributed by atoms with E-state index in [9.17, 15) is 5.11 Å². The molecule has 0 aliphatic carbocycles. The van der Waals surface area contributed by atoms with Crippen molar-refractivity contribution in [3.8, 4) is 28.0 Å². The molecule has 2 aromatic heterocycles. The zero-order valence-electron chi connectivity index (χ0n) is 26.9. The molecule has 0 amide bonds. The molecule has 0 fully saturated rings. The highest BCUT2D eigenvalue weighted by atomic mass is 16.4. The standard InChI is InChI=1S/C46H29NO3/c48-40-14-7-13-39-45-42(50-46(39)40)27-20-32-10-6-12-36(44(32)45)31-18-23-34(24-19-31)47(33-21-16-30(17-22-33)29-8-2-1-3-9-29)35-25-26-38-37-11-4-5-15-41(37)49-43(38)28-35/h1-28,48H. The first-order valence-electron chi connectivity index (χ1n) is 16.7. The molecule has 0 atom stereocenters. The topological polar surface area (TPSA) is 49.8 Å². The lowest BCUT2D eigenvalue weighted by atomic mass is 9.94. The Hall–Kier alpha value is -6.78. The minimum absolute atomic E-state index is 0.145. The van der Waals surface area contributed by atoms with Gasteiger partial charge in [-0.1, -0.05) is 109 Å². The molecule has 10 aromatic rings.